The van der Waals surface area contributed by atoms with Gasteiger partial charge in [-0.3, -0.25) is 9.69 Å². The third-order valence-corrected chi connectivity index (χ3v) is 3.70. The monoisotopic (exact) mass is 241 g/mol. The average Bonchev–Trinajstić information content (AvgIpc) is 2.90. The summed E-state index contributed by atoms with van der Waals surface area (Å²) in [5.41, 5.74) is 5.80. The Labute approximate surface area is 103 Å². The van der Waals surface area contributed by atoms with Crippen LogP contribution in [-0.2, 0) is 9.53 Å². The Morgan fingerprint density at radius 2 is 1.82 bits per heavy atom. The highest BCUT2D eigenvalue weighted by Gasteiger charge is 2.25. The maximum Gasteiger partial charge on any atom is 0.224 e. The first kappa shape index (κ1) is 12.8. The van der Waals surface area contributed by atoms with Gasteiger partial charge in [0.25, 0.3) is 0 Å². The molecular weight excluding hydrogens is 218 g/mol. The molecular formula is C12H23N3O2. The largest absolute Gasteiger partial charge is 0.379 e. The second-order valence-corrected chi connectivity index (χ2v) is 4.83. The van der Waals surface area contributed by atoms with E-state index in [0.717, 1.165) is 52.2 Å². The summed E-state index contributed by atoms with van der Waals surface area (Å²) in [6.07, 6.45) is 2.86. The first-order valence-electron chi connectivity index (χ1n) is 6.61. The Bertz CT molecular complexity index is 248. The quantitative estimate of drug-likeness (QED) is 0.731. The lowest BCUT2D eigenvalue weighted by Gasteiger charge is -2.34. The fourth-order valence-corrected chi connectivity index (χ4v) is 2.60. The van der Waals surface area contributed by atoms with Gasteiger partial charge >= 0.3 is 0 Å². The molecule has 0 radical (unpaired) electrons. The molecule has 2 aliphatic rings. The number of amides is 1. The summed E-state index contributed by atoms with van der Waals surface area (Å²) < 4.78 is 5.32. The maximum atomic E-state index is 12.1. The molecule has 2 fully saturated rings. The number of carbonyl (C=O) groups is 1. The number of likely N-dealkylation sites (tertiary alicyclic amines) is 1. The molecule has 2 aliphatic heterocycles. The topological polar surface area (TPSA) is 58.8 Å². The number of hydrogen-bond acceptors (Lipinski definition) is 4. The van der Waals surface area contributed by atoms with Gasteiger partial charge in [0.1, 0.15) is 0 Å². The lowest BCUT2D eigenvalue weighted by Crippen LogP contribution is -2.49. The van der Waals surface area contributed by atoms with Gasteiger partial charge in [-0.2, -0.15) is 0 Å². The standard InChI is InChI=1S/C12H23N3O2/c13-10-11(14-5-7-17-8-6-14)9-12(16)15-3-1-2-4-15/h11H,1-10,13H2. The highest BCUT2D eigenvalue weighted by atomic mass is 16.5. The van der Waals surface area contributed by atoms with Gasteiger partial charge in [-0.25, -0.2) is 0 Å². The third-order valence-electron chi connectivity index (χ3n) is 3.70. The molecule has 2 heterocycles. The minimum absolute atomic E-state index is 0.187. The zero-order valence-electron chi connectivity index (χ0n) is 10.4. The van der Waals surface area contributed by atoms with E-state index in [4.69, 9.17) is 10.5 Å². The highest BCUT2D eigenvalue weighted by Crippen LogP contribution is 2.13. The molecule has 1 amide bonds. The molecule has 0 aromatic rings. The Balaban J connectivity index is 1.82. The van der Waals surface area contributed by atoms with E-state index in [0.29, 0.717) is 13.0 Å². The van der Waals surface area contributed by atoms with Crippen LogP contribution in [0.5, 0.6) is 0 Å². The second kappa shape index (κ2) is 6.33. The van der Waals surface area contributed by atoms with Gasteiger partial charge < -0.3 is 15.4 Å². The van der Waals surface area contributed by atoms with Crippen LogP contribution < -0.4 is 5.73 Å². The van der Waals surface area contributed by atoms with Crippen LogP contribution in [0.3, 0.4) is 0 Å². The minimum atomic E-state index is 0.187. The van der Waals surface area contributed by atoms with Crippen LogP contribution in [0, 0.1) is 0 Å². The molecule has 2 saturated heterocycles. The van der Waals surface area contributed by atoms with E-state index in [1.54, 1.807) is 0 Å². The first-order valence-corrected chi connectivity index (χ1v) is 6.61. The summed E-state index contributed by atoms with van der Waals surface area (Å²) in [4.78, 5) is 16.3. The van der Waals surface area contributed by atoms with Crippen molar-refractivity contribution in [2.75, 3.05) is 45.9 Å². The predicted octanol–water partition coefficient (Wildman–Crippen LogP) is -0.342. The molecule has 1 atom stereocenters. The number of ether oxygens (including phenoxy) is 1. The van der Waals surface area contributed by atoms with E-state index >= 15 is 0 Å². The SMILES string of the molecule is NCC(CC(=O)N1CCCC1)N1CCOCC1. The molecule has 98 valence electrons. The van der Waals surface area contributed by atoms with Crippen LogP contribution in [0.4, 0.5) is 0 Å². The molecule has 1 unspecified atom stereocenters. The zero-order chi connectivity index (χ0) is 12.1. The predicted molar refractivity (Wildman–Crippen MR) is 65.7 cm³/mol. The lowest BCUT2D eigenvalue weighted by atomic mass is 10.1. The molecule has 0 bridgehead atoms. The van der Waals surface area contributed by atoms with Gasteiger partial charge in [0.2, 0.25) is 5.91 Å². The van der Waals surface area contributed by atoms with Crippen LogP contribution in [-0.4, -0.2) is 67.7 Å². The molecule has 5 nitrogen and oxygen atoms in total. The summed E-state index contributed by atoms with van der Waals surface area (Å²) in [7, 11) is 0. The minimum Gasteiger partial charge on any atom is -0.379 e. The van der Waals surface area contributed by atoms with Crippen molar-refractivity contribution in [3.63, 3.8) is 0 Å². The van der Waals surface area contributed by atoms with E-state index in [1.807, 2.05) is 4.90 Å². The smallest absolute Gasteiger partial charge is 0.224 e. The normalized spacial score (nSPS) is 23.9. The molecule has 0 saturated carbocycles. The van der Waals surface area contributed by atoms with Crippen LogP contribution in [0.25, 0.3) is 0 Å². The van der Waals surface area contributed by atoms with Crippen molar-refractivity contribution >= 4 is 5.91 Å². The van der Waals surface area contributed by atoms with E-state index in [2.05, 4.69) is 4.90 Å². The van der Waals surface area contributed by atoms with Crippen molar-refractivity contribution < 1.29 is 9.53 Å². The van der Waals surface area contributed by atoms with Crippen molar-refractivity contribution in [2.24, 2.45) is 5.73 Å². The number of morpholine rings is 1. The third kappa shape index (κ3) is 3.40. The van der Waals surface area contributed by atoms with Gasteiger partial charge in [0.05, 0.1) is 13.2 Å². The summed E-state index contributed by atoms with van der Waals surface area (Å²) in [5, 5.41) is 0. The summed E-state index contributed by atoms with van der Waals surface area (Å²) in [5.74, 6) is 0.268. The number of nitrogens with zero attached hydrogens (tertiary/aromatic N) is 2. The van der Waals surface area contributed by atoms with Crippen molar-refractivity contribution in [1.82, 2.24) is 9.80 Å². The second-order valence-electron chi connectivity index (χ2n) is 4.83. The number of hydrogen-bond donors (Lipinski definition) is 1. The fourth-order valence-electron chi connectivity index (χ4n) is 2.60. The summed E-state index contributed by atoms with van der Waals surface area (Å²) >= 11 is 0. The number of carbonyl (C=O) groups excluding carboxylic acids is 1. The van der Waals surface area contributed by atoms with Crippen molar-refractivity contribution in [3.8, 4) is 0 Å². The number of nitrogens with two attached hydrogens (primary N) is 1. The molecule has 0 aliphatic carbocycles. The Kier molecular flexibility index (Phi) is 4.76. The van der Waals surface area contributed by atoms with Gasteiger partial charge in [-0.1, -0.05) is 0 Å². The van der Waals surface area contributed by atoms with Crippen molar-refractivity contribution in [2.45, 2.75) is 25.3 Å². The Hall–Kier alpha value is -0.650. The molecule has 0 aromatic carbocycles. The maximum absolute atomic E-state index is 12.1. The molecule has 5 heteroatoms. The van der Waals surface area contributed by atoms with E-state index < -0.39 is 0 Å². The van der Waals surface area contributed by atoms with Crippen molar-refractivity contribution in [1.29, 1.82) is 0 Å². The van der Waals surface area contributed by atoms with Crippen LogP contribution in [0.2, 0.25) is 0 Å². The molecule has 0 spiro atoms. The van der Waals surface area contributed by atoms with Crippen LogP contribution in [0.1, 0.15) is 19.3 Å². The number of rotatable bonds is 4. The van der Waals surface area contributed by atoms with E-state index in [9.17, 15) is 4.79 Å². The van der Waals surface area contributed by atoms with Gasteiger partial charge in [-0.05, 0) is 12.8 Å². The van der Waals surface area contributed by atoms with Crippen LogP contribution in [0.15, 0.2) is 0 Å². The molecule has 2 N–H and O–H groups in total. The Morgan fingerprint density at radius 3 is 2.41 bits per heavy atom. The molecule has 17 heavy (non-hydrogen) atoms. The van der Waals surface area contributed by atoms with Crippen molar-refractivity contribution in [3.05, 3.63) is 0 Å². The molecule has 0 aromatic heterocycles. The lowest BCUT2D eigenvalue weighted by molar-refractivity contribution is -0.131. The zero-order valence-corrected chi connectivity index (χ0v) is 10.4. The van der Waals surface area contributed by atoms with Gasteiger partial charge in [-0.15, -0.1) is 0 Å². The Morgan fingerprint density at radius 1 is 1.18 bits per heavy atom. The molecule has 2 rings (SSSR count). The first-order chi connectivity index (χ1) is 8.31. The average molecular weight is 241 g/mol. The summed E-state index contributed by atoms with van der Waals surface area (Å²) in [6, 6.07) is 0.187. The van der Waals surface area contributed by atoms with Gasteiger partial charge in [0.15, 0.2) is 0 Å². The van der Waals surface area contributed by atoms with Crippen LogP contribution >= 0.6 is 0 Å². The van der Waals surface area contributed by atoms with E-state index in [-0.39, 0.29) is 11.9 Å². The highest BCUT2D eigenvalue weighted by molar-refractivity contribution is 5.77. The van der Waals surface area contributed by atoms with Gasteiger partial charge in [0, 0.05) is 45.2 Å². The fraction of sp³-hybridized carbons (Fsp3) is 0.917. The summed E-state index contributed by atoms with van der Waals surface area (Å²) in [6.45, 7) is 5.73. The van der Waals surface area contributed by atoms with E-state index in [1.165, 1.54) is 0 Å².